The first-order valence-corrected chi connectivity index (χ1v) is 8.27. The van der Waals surface area contributed by atoms with Crippen LogP contribution in [0.15, 0.2) is 12.1 Å². The average molecular weight is 320 g/mol. The van der Waals surface area contributed by atoms with Crippen molar-refractivity contribution in [1.82, 2.24) is 14.6 Å². The van der Waals surface area contributed by atoms with E-state index >= 15 is 0 Å². The molecule has 2 aromatic rings. The molecule has 0 aromatic carbocycles. The van der Waals surface area contributed by atoms with E-state index in [1.807, 2.05) is 6.07 Å². The van der Waals surface area contributed by atoms with Crippen LogP contribution in [0.25, 0.3) is 5.65 Å². The van der Waals surface area contributed by atoms with E-state index in [9.17, 15) is 4.79 Å². The van der Waals surface area contributed by atoms with E-state index in [1.165, 1.54) is 30.2 Å². The number of hydrogen-bond donors (Lipinski definition) is 0. The van der Waals surface area contributed by atoms with E-state index in [1.54, 1.807) is 13.0 Å². The van der Waals surface area contributed by atoms with E-state index in [2.05, 4.69) is 5.10 Å². The Hall–Kier alpha value is -1.62. The van der Waals surface area contributed by atoms with Crippen LogP contribution in [-0.2, 0) is 4.74 Å². The van der Waals surface area contributed by atoms with Crippen LogP contribution in [-0.4, -0.2) is 27.2 Å². The van der Waals surface area contributed by atoms with Crippen molar-refractivity contribution in [1.29, 1.82) is 0 Å². The maximum atomic E-state index is 11.8. The van der Waals surface area contributed by atoms with Crippen molar-refractivity contribution < 1.29 is 9.53 Å². The zero-order chi connectivity index (χ0) is 15.3. The maximum Gasteiger partial charge on any atom is 0.358 e. The molecule has 3 unspecified atom stereocenters. The molecular weight excluding hydrogens is 302 g/mol. The summed E-state index contributed by atoms with van der Waals surface area (Å²) in [5.74, 6) is 1.66. The Labute approximate surface area is 133 Å². The van der Waals surface area contributed by atoms with Gasteiger partial charge in [-0.3, -0.25) is 0 Å². The van der Waals surface area contributed by atoms with E-state index in [-0.39, 0.29) is 5.69 Å². The molecule has 0 spiro atoms. The molecule has 0 amide bonds. The molecule has 3 atom stereocenters. The van der Waals surface area contributed by atoms with Crippen molar-refractivity contribution in [3.63, 3.8) is 0 Å². The predicted molar refractivity (Wildman–Crippen MR) is 82.1 cm³/mol. The summed E-state index contributed by atoms with van der Waals surface area (Å²) < 4.78 is 6.49. The van der Waals surface area contributed by atoms with Crippen molar-refractivity contribution in [2.24, 2.45) is 11.8 Å². The minimum atomic E-state index is -0.439. The van der Waals surface area contributed by atoms with Crippen molar-refractivity contribution in [2.45, 2.75) is 38.5 Å². The lowest BCUT2D eigenvalue weighted by molar-refractivity contribution is 0.0519. The second-order valence-corrected chi connectivity index (χ2v) is 6.69. The molecule has 2 bridgehead atoms. The van der Waals surface area contributed by atoms with Crippen LogP contribution in [0.4, 0.5) is 0 Å². The van der Waals surface area contributed by atoms with Crippen LogP contribution in [0.5, 0.6) is 0 Å². The summed E-state index contributed by atoms with van der Waals surface area (Å²) in [6.07, 6.45) is 5.19. The lowest BCUT2D eigenvalue weighted by Gasteiger charge is -2.21. The van der Waals surface area contributed by atoms with Crippen molar-refractivity contribution in [3.8, 4) is 0 Å². The summed E-state index contributed by atoms with van der Waals surface area (Å²) in [5.41, 5.74) is 1.91. The second-order valence-electron chi connectivity index (χ2n) is 6.31. The van der Waals surface area contributed by atoms with Gasteiger partial charge in [0, 0.05) is 17.7 Å². The molecule has 2 aliphatic carbocycles. The van der Waals surface area contributed by atoms with Crippen LogP contribution < -0.4 is 0 Å². The zero-order valence-electron chi connectivity index (χ0n) is 12.5. The highest BCUT2D eigenvalue weighted by Crippen LogP contribution is 2.52. The highest BCUT2D eigenvalue weighted by Gasteiger charge is 2.41. The summed E-state index contributed by atoms with van der Waals surface area (Å²) in [6, 6.07) is 3.56. The number of carbonyl (C=O) groups is 1. The van der Waals surface area contributed by atoms with E-state index in [4.69, 9.17) is 21.3 Å². The van der Waals surface area contributed by atoms with E-state index < -0.39 is 5.97 Å². The molecule has 2 aromatic heterocycles. The van der Waals surface area contributed by atoms with Gasteiger partial charge >= 0.3 is 5.97 Å². The Balaban J connectivity index is 1.71. The SMILES string of the molecule is CCOC(=O)c1cc2nc(C3CC4CCC3C4)cc(Cl)n2n1. The number of rotatable bonds is 3. The summed E-state index contributed by atoms with van der Waals surface area (Å²) in [5, 5.41) is 4.69. The molecule has 6 heteroatoms. The zero-order valence-corrected chi connectivity index (χ0v) is 13.2. The van der Waals surface area contributed by atoms with Gasteiger partial charge in [0.1, 0.15) is 5.15 Å². The Bertz CT molecular complexity index is 742. The van der Waals surface area contributed by atoms with Gasteiger partial charge < -0.3 is 4.74 Å². The second kappa shape index (κ2) is 5.23. The molecule has 0 saturated heterocycles. The Morgan fingerprint density at radius 1 is 1.41 bits per heavy atom. The van der Waals surface area contributed by atoms with Crippen LogP contribution in [0.2, 0.25) is 5.15 Å². The minimum Gasteiger partial charge on any atom is -0.461 e. The minimum absolute atomic E-state index is 0.251. The molecule has 116 valence electrons. The molecule has 2 heterocycles. The Morgan fingerprint density at radius 3 is 2.95 bits per heavy atom. The first kappa shape index (κ1) is 14.0. The number of ether oxygens (including phenoxy) is 1. The van der Waals surface area contributed by atoms with Crippen LogP contribution >= 0.6 is 11.6 Å². The third kappa shape index (κ3) is 2.19. The number of halogens is 1. The number of esters is 1. The van der Waals surface area contributed by atoms with Crippen LogP contribution in [0.1, 0.15) is 54.7 Å². The number of carbonyl (C=O) groups excluding carboxylic acids is 1. The monoisotopic (exact) mass is 319 g/mol. The molecule has 5 nitrogen and oxygen atoms in total. The molecule has 0 radical (unpaired) electrons. The van der Waals surface area contributed by atoms with Crippen LogP contribution in [0, 0.1) is 11.8 Å². The lowest BCUT2D eigenvalue weighted by Crippen LogP contribution is -2.11. The largest absolute Gasteiger partial charge is 0.461 e. The fourth-order valence-corrected chi connectivity index (χ4v) is 4.29. The smallest absolute Gasteiger partial charge is 0.358 e. The highest BCUT2D eigenvalue weighted by molar-refractivity contribution is 6.29. The maximum absolute atomic E-state index is 11.8. The summed E-state index contributed by atoms with van der Waals surface area (Å²) in [4.78, 5) is 16.5. The van der Waals surface area contributed by atoms with Gasteiger partial charge in [-0.15, -0.1) is 0 Å². The topological polar surface area (TPSA) is 56.5 Å². The quantitative estimate of drug-likeness (QED) is 0.642. The molecular formula is C16H18ClN3O2. The summed E-state index contributed by atoms with van der Waals surface area (Å²) >= 11 is 6.35. The summed E-state index contributed by atoms with van der Waals surface area (Å²) in [7, 11) is 0. The van der Waals surface area contributed by atoms with Crippen LogP contribution in [0.3, 0.4) is 0 Å². The molecule has 2 saturated carbocycles. The van der Waals surface area contributed by atoms with Gasteiger partial charge in [-0.1, -0.05) is 18.0 Å². The molecule has 2 aliphatic rings. The van der Waals surface area contributed by atoms with E-state index in [0.29, 0.717) is 23.3 Å². The van der Waals surface area contributed by atoms with Gasteiger partial charge in [0.25, 0.3) is 0 Å². The fourth-order valence-electron chi connectivity index (χ4n) is 4.06. The Morgan fingerprint density at radius 2 is 2.27 bits per heavy atom. The Kier molecular flexibility index (Phi) is 3.33. The number of hydrogen-bond acceptors (Lipinski definition) is 4. The third-order valence-electron chi connectivity index (χ3n) is 5.01. The van der Waals surface area contributed by atoms with Crippen molar-refractivity contribution in [3.05, 3.63) is 28.7 Å². The van der Waals surface area contributed by atoms with Gasteiger partial charge in [-0.05, 0) is 44.1 Å². The molecule has 2 fully saturated rings. The van der Waals surface area contributed by atoms with E-state index in [0.717, 1.165) is 17.5 Å². The molecule has 22 heavy (non-hydrogen) atoms. The third-order valence-corrected chi connectivity index (χ3v) is 5.28. The van der Waals surface area contributed by atoms with Gasteiger partial charge in [0.15, 0.2) is 11.3 Å². The molecule has 0 N–H and O–H groups in total. The van der Waals surface area contributed by atoms with Gasteiger partial charge in [-0.2, -0.15) is 5.10 Å². The number of aromatic nitrogens is 3. The lowest BCUT2D eigenvalue weighted by atomic mass is 9.86. The predicted octanol–water partition coefficient (Wildman–Crippen LogP) is 3.46. The van der Waals surface area contributed by atoms with Gasteiger partial charge in [0.2, 0.25) is 0 Å². The van der Waals surface area contributed by atoms with Crippen molar-refractivity contribution >= 4 is 23.2 Å². The average Bonchev–Trinajstić information content (AvgIpc) is 3.21. The van der Waals surface area contributed by atoms with Crippen molar-refractivity contribution in [2.75, 3.05) is 6.61 Å². The van der Waals surface area contributed by atoms with Gasteiger partial charge in [-0.25, -0.2) is 14.3 Å². The summed E-state index contributed by atoms with van der Waals surface area (Å²) in [6.45, 7) is 2.09. The first-order chi connectivity index (χ1) is 10.7. The molecule has 0 aliphatic heterocycles. The first-order valence-electron chi connectivity index (χ1n) is 7.89. The highest BCUT2D eigenvalue weighted by atomic mass is 35.5. The standard InChI is InChI=1S/C16H18ClN3O2/c1-2-22-16(21)13-8-15-18-12(7-14(17)20(15)19-13)11-6-9-3-4-10(11)5-9/h7-11H,2-6H2,1H3. The number of nitrogens with zero attached hydrogens (tertiary/aromatic N) is 3. The van der Waals surface area contributed by atoms with Gasteiger partial charge in [0.05, 0.1) is 6.61 Å². The molecule has 4 rings (SSSR count). The number of fused-ring (bicyclic) bond motifs is 3. The fraction of sp³-hybridized carbons (Fsp3) is 0.562. The normalized spacial score (nSPS) is 26.7.